The van der Waals surface area contributed by atoms with Crippen LogP contribution in [-0.4, -0.2) is 19.9 Å². The zero-order chi connectivity index (χ0) is 33.0. The molecule has 2 aromatic heterocycles. The van der Waals surface area contributed by atoms with E-state index in [9.17, 15) is 0 Å². The molecule has 0 saturated carbocycles. The fraction of sp³-hybridized carbons (Fsp3) is 0.0435. The maximum Gasteiger partial charge on any atom is 0.164 e. The lowest BCUT2D eigenvalue weighted by Gasteiger charge is -2.18. The molecule has 232 valence electrons. The molecular weight excluding hydrogens is 609 g/mol. The van der Waals surface area contributed by atoms with Gasteiger partial charge in [-0.15, -0.1) is 0 Å². The van der Waals surface area contributed by atoms with Crippen molar-refractivity contribution in [2.24, 2.45) is 0 Å². The lowest BCUT2D eigenvalue weighted by molar-refractivity contribution is 0.988. The molecule has 0 bridgehead atoms. The van der Waals surface area contributed by atoms with E-state index in [1.165, 1.54) is 21.9 Å². The van der Waals surface area contributed by atoms with Gasteiger partial charge in [-0.1, -0.05) is 115 Å². The van der Waals surface area contributed by atoms with Gasteiger partial charge in [0.2, 0.25) is 0 Å². The summed E-state index contributed by atoms with van der Waals surface area (Å²) in [4.78, 5) is 20.4. The number of hydrogen-bond acceptors (Lipinski definition) is 4. The molecule has 0 spiro atoms. The Kier molecular flexibility index (Phi) is 6.50. The predicted molar refractivity (Wildman–Crippen MR) is 205 cm³/mol. The first kappa shape index (κ1) is 28.3. The van der Waals surface area contributed by atoms with Gasteiger partial charge in [-0.25, -0.2) is 15.0 Å². The Morgan fingerprint density at radius 2 is 1.18 bits per heavy atom. The fourth-order valence-electron chi connectivity index (χ4n) is 7.39. The maximum absolute atomic E-state index is 5.28. The number of nitrogens with zero attached hydrogens (tertiary/aromatic N) is 4. The summed E-state index contributed by atoms with van der Waals surface area (Å²) in [6.07, 6.45) is 12.5. The third-order valence-electron chi connectivity index (χ3n) is 9.87. The number of hydrogen-bond donors (Lipinski definition) is 0. The lowest BCUT2D eigenvalue weighted by atomic mass is 9.89. The van der Waals surface area contributed by atoms with Crippen molar-refractivity contribution in [3.05, 3.63) is 161 Å². The minimum absolute atomic E-state index is 0.627. The summed E-state index contributed by atoms with van der Waals surface area (Å²) in [6, 6.07) is 40.4. The topological polar surface area (TPSA) is 51.6 Å². The summed E-state index contributed by atoms with van der Waals surface area (Å²) in [6.45, 7) is 0. The van der Waals surface area contributed by atoms with E-state index in [0.29, 0.717) is 17.5 Å². The van der Waals surface area contributed by atoms with Crippen LogP contribution in [0.5, 0.6) is 0 Å². The average molecular weight is 637 g/mol. The number of fused-ring (bicyclic) bond motifs is 7. The van der Waals surface area contributed by atoms with E-state index in [2.05, 4.69) is 126 Å². The van der Waals surface area contributed by atoms with Crippen molar-refractivity contribution in [3.63, 3.8) is 0 Å². The molecule has 0 aliphatic heterocycles. The highest BCUT2D eigenvalue weighted by Crippen LogP contribution is 2.39. The van der Waals surface area contributed by atoms with Gasteiger partial charge in [0.25, 0.3) is 0 Å². The molecule has 0 radical (unpaired) electrons. The SMILES string of the molecule is C1=C=Cc2c(c(-c3nc(-c4ccc(-c5cnc6ccccc6c5)cc4)nc(-c4cc5c(c6ccccc46)C=CCC5)n3)cc3ccccc23)C=1. The molecule has 0 saturated heterocycles. The van der Waals surface area contributed by atoms with Crippen LogP contribution in [0.4, 0.5) is 0 Å². The minimum atomic E-state index is 0.627. The number of para-hydroxylation sites is 1. The van der Waals surface area contributed by atoms with Gasteiger partial charge >= 0.3 is 0 Å². The molecule has 0 atom stereocenters. The number of aromatic nitrogens is 4. The normalized spacial score (nSPS) is 12.9. The molecule has 0 fully saturated rings. The first-order valence-electron chi connectivity index (χ1n) is 16.9. The maximum atomic E-state index is 5.28. The molecule has 6 aromatic carbocycles. The van der Waals surface area contributed by atoms with Gasteiger partial charge in [-0.2, -0.15) is 0 Å². The summed E-state index contributed by atoms with van der Waals surface area (Å²) < 4.78 is 0. The van der Waals surface area contributed by atoms with Crippen LogP contribution >= 0.6 is 0 Å². The van der Waals surface area contributed by atoms with Crippen LogP contribution in [0.25, 0.3) is 96.0 Å². The second-order valence-corrected chi connectivity index (χ2v) is 12.8. The average Bonchev–Trinajstić information content (AvgIpc) is 3.20. The van der Waals surface area contributed by atoms with Crippen molar-refractivity contribution in [3.8, 4) is 45.3 Å². The summed E-state index contributed by atoms with van der Waals surface area (Å²) in [5.41, 5.74) is 17.1. The zero-order valence-corrected chi connectivity index (χ0v) is 27.1. The highest BCUT2D eigenvalue weighted by Gasteiger charge is 2.21. The second kappa shape index (κ2) is 11.5. The van der Waals surface area contributed by atoms with Gasteiger partial charge in [0, 0.05) is 39.4 Å². The fourth-order valence-corrected chi connectivity index (χ4v) is 7.39. The van der Waals surface area contributed by atoms with Gasteiger partial charge in [0.05, 0.1) is 5.52 Å². The zero-order valence-electron chi connectivity index (χ0n) is 27.1. The van der Waals surface area contributed by atoms with Crippen LogP contribution in [0.2, 0.25) is 0 Å². The number of pyridine rings is 1. The van der Waals surface area contributed by atoms with Gasteiger partial charge in [-0.05, 0) is 93.1 Å². The Morgan fingerprint density at radius 3 is 2.04 bits per heavy atom. The standard InChI is InChI=1S/C46H28N4/c1-4-14-35-31(11-1)26-41(39-18-8-6-16-37(35)39)45-48-44(30-23-21-29(22-24-30)34-25-33-13-3-10-20-43(33)47-28-34)49-46(50-45)42-27-32-12-2-5-15-36(32)38-17-7-9-19-40(38)42/h1,3-5,7,9-11,13-28H,2,12H2. The highest BCUT2D eigenvalue weighted by molar-refractivity contribution is 6.03. The quantitative estimate of drug-likeness (QED) is 0.180. The van der Waals surface area contributed by atoms with Crippen LogP contribution in [0.3, 0.4) is 0 Å². The molecule has 2 aliphatic rings. The number of rotatable bonds is 4. The molecule has 4 heteroatoms. The minimum Gasteiger partial charge on any atom is -0.256 e. The van der Waals surface area contributed by atoms with E-state index in [-0.39, 0.29) is 0 Å². The Bertz CT molecular complexity index is 2830. The Balaban J connectivity index is 1.19. The van der Waals surface area contributed by atoms with Gasteiger partial charge < -0.3 is 0 Å². The van der Waals surface area contributed by atoms with E-state index < -0.39 is 0 Å². The summed E-state index contributed by atoms with van der Waals surface area (Å²) in [5.74, 6) is 1.92. The lowest BCUT2D eigenvalue weighted by Crippen LogP contribution is -2.04. The van der Waals surface area contributed by atoms with Crippen molar-refractivity contribution in [1.82, 2.24) is 19.9 Å². The molecule has 0 N–H and O–H groups in total. The molecule has 2 heterocycles. The Morgan fingerprint density at radius 1 is 0.500 bits per heavy atom. The third-order valence-corrected chi connectivity index (χ3v) is 9.87. The Labute approximate surface area is 289 Å². The van der Waals surface area contributed by atoms with E-state index in [1.54, 1.807) is 0 Å². The molecular formula is C46H28N4. The third kappa shape index (κ3) is 4.71. The molecule has 4 nitrogen and oxygen atoms in total. The molecule has 0 amide bonds. The number of benzene rings is 6. The van der Waals surface area contributed by atoms with Crippen LogP contribution in [-0.2, 0) is 6.42 Å². The first-order chi connectivity index (χ1) is 24.8. The van der Waals surface area contributed by atoms with E-state index >= 15 is 0 Å². The number of allylic oxidation sites excluding steroid dienone is 1. The van der Waals surface area contributed by atoms with Gasteiger partial charge in [-0.3, -0.25) is 4.98 Å². The smallest absolute Gasteiger partial charge is 0.164 e. The second-order valence-electron chi connectivity index (χ2n) is 12.8. The highest BCUT2D eigenvalue weighted by atomic mass is 15.0. The van der Waals surface area contributed by atoms with Crippen LogP contribution in [0, 0.1) is 0 Å². The van der Waals surface area contributed by atoms with Crippen molar-refractivity contribution in [2.45, 2.75) is 12.8 Å². The van der Waals surface area contributed by atoms with Gasteiger partial charge in [0.15, 0.2) is 17.5 Å². The largest absolute Gasteiger partial charge is 0.256 e. The van der Waals surface area contributed by atoms with Crippen molar-refractivity contribution >= 4 is 50.7 Å². The van der Waals surface area contributed by atoms with Crippen molar-refractivity contribution < 1.29 is 0 Å². The summed E-state index contributed by atoms with van der Waals surface area (Å²) in [5, 5.41) is 5.75. The molecule has 50 heavy (non-hydrogen) atoms. The monoisotopic (exact) mass is 636 g/mol. The number of aryl methyl sites for hydroxylation is 1. The predicted octanol–water partition coefficient (Wildman–Crippen LogP) is 11.1. The molecule has 8 aromatic rings. The molecule has 2 aliphatic carbocycles. The van der Waals surface area contributed by atoms with Crippen LogP contribution in [0.15, 0.2) is 139 Å². The van der Waals surface area contributed by atoms with E-state index in [4.69, 9.17) is 15.0 Å². The van der Waals surface area contributed by atoms with Crippen molar-refractivity contribution in [2.75, 3.05) is 0 Å². The van der Waals surface area contributed by atoms with E-state index in [1.807, 2.05) is 36.5 Å². The molecule has 10 rings (SSSR count). The Hall–Kier alpha value is -6.70. The summed E-state index contributed by atoms with van der Waals surface area (Å²) >= 11 is 0. The van der Waals surface area contributed by atoms with Crippen molar-refractivity contribution in [1.29, 1.82) is 0 Å². The van der Waals surface area contributed by atoms with Crippen LogP contribution in [0.1, 0.15) is 28.7 Å². The molecule has 0 unspecified atom stereocenters. The van der Waals surface area contributed by atoms with Gasteiger partial charge in [0.1, 0.15) is 0 Å². The summed E-state index contributed by atoms with van der Waals surface area (Å²) in [7, 11) is 0. The first-order valence-corrected chi connectivity index (χ1v) is 16.9. The van der Waals surface area contributed by atoms with Crippen LogP contribution < -0.4 is 0 Å². The van der Waals surface area contributed by atoms with E-state index in [0.717, 1.165) is 73.5 Å².